The molecule has 17 heteroatoms. The number of aliphatic carboxylic acids is 1. The maximum absolute atomic E-state index is 13.1. The predicted molar refractivity (Wildman–Crippen MR) is 171 cm³/mol. The number of hydrogen-bond donors (Lipinski definition) is 6. The smallest absolute Gasteiger partial charge is 0.490 e. The number of rotatable bonds is 12. The van der Waals surface area contributed by atoms with Crippen LogP contribution in [0.2, 0.25) is 0 Å². The van der Waals surface area contributed by atoms with Gasteiger partial charge in [-0.1, -0.05) is 18.2 Å². The topological polar surface area (TPSA) is 215 Å². The van der Waals surface area contributed by atoms with Crippen molar-refractivity contribution in [2.75, 3.05) is 33.1 Å². The number of hydrogen-bond acceptors (Lipinski definition) is 9. The lowest BCUT2D eigenvalue weighted by Gasteiger charge is -2.22. The highest BCUT2D eigenvalue weighted by Gasteiger charge is 2.38. The molecule has 4 aromatic rings. The number of ether oxygens (including phenoxy) is 2. The van der Waals surface area contributed by atoms with E-state index < -0.39 is 29.8 Å². The number of aromatic amines is 1. The molecule has 8 N–H and O–H groups in total. The van der Waals surface area contributed by atoms with Crippen molar-refractivity contribution in [3.8, 4) is 17.2 Å². The Morgan fingerprint density at radius 1 is 1.08 bits per heavy atom. The van der Waals surface area contributed by atoms with Crippen LogP contribution in [0.1, 0.15) is 40.3 Å². The number of carbonyl (C=O) groups excluding carboxylic acids is 1. The Morgan fingerprint density at radius 3 is 2.25 bits per heavy atom. The molecule has 4 rings (SSSR count). The third-order valence-corrected chi connectivity index (χ3v) is 6.53. The number of H-pyrrole nitrogens is 1. The first-order valence-electron chi connectivity index (χ1n) is 14.1. The van der Waals surface area contributed by atoms with Crippen LogP contribution < -0.4 is 31.9 Å². The van der Waals surface area contributed by atoms with E-state index in [1.165, 1.54) is 6.07 Å². The molecule has 0 fully saturated rings. The summed E-state index contributed by atoms with van der Waals surface area (Å²) in [6.45, 7) is 2.69. The van der Waals surface area contributed by atoms with Gasteiger partial charge in [0, 0.05) is 17.8 Å². The van der Waals surface area contributed by atoms with Crippen LogP contribution in [0.25, 0.3) is 5.69 Å². The Balaban J connectivity index is 0.000000804. The molecule has 256 valence electrons. The van der Waals surface area contributed by atoms with Gasteiger partial charge in [0.2, 0.25) is 0 Å². The molecule has 1 aromatic heterocycles. The summed E-state index contributed by atoms with van der Waals surface area (Å²) in [4.78, 5) is 38.9. The lowest BCUT2D eigenvalue weighted by atomic mass is 10.0. The van der Waals surface area contributed by atoms with Crippen LogP contribution in [0.5, 0.6) is 11.5 Å². The lowest BCUT2D eigenvalue weighted by Crippen LogP contribution is -2.28. The van der Waals surface area contributed by atoms with Crippen molar-refractivity contribution >= 4 is 23.4 Å². The van der Waals surface area contributed by atoms with Crippen molar-refractivity contribution in [2.24, 2.45) is 11.5 Å². The van der Waals surface area contributed by atoms with Gasteiger partial charge in [0.1, 0.15) is 18.0 Å². The maximum atomic E-state index is 13.1. The molecule has 0 aliphatic rings. The molecular formula is C31H35F3N8O6. The van der Waals surface area contributed by atoms with Gasteiger partial charge in [-0.05, 0) is 75.1 Å². The lowest BCUT2D eigenvalue weighted by molar-refractivity contribution is -0.192. The number of methoxy groups -OCH3 is 1. The zero-order chi connectivity index (χ0) is 35.8. The van der Waals surface area contributed by atoms with Crippen LogP contribution in [-0.4, -0.2) is 82.5 Å². The Hall–Kier alpha value is -5.84. The van der Waals surface area contributed by atoms with Crippen molar-refractivity contribution in [3.63, 3.8) is 0 Å². The SMILES string of the molecule is COc1cc(C(Nc2ccc(C(=N)N)cc2)c2nn(-c3ccccc3C(N)=O)c(=O)[nH]2)ccc1OC(C)CN(C)C.O=C(O)C(F)(F)F. The number of nitrogens with one attached hydrogen (secondary N) is 3. The van der Waals surface area contributed by atoms with Gasteiger partial charge in [0.25, 0.3) is 5.91 Å². The van der Waals surface area contributed by atoms with Gasteiger partial charge in [-0.25, -0.2) is 9.59 Å². The number of carbonyl (C=O) groups is 2. The number of benzene rings is 3. The molecule has 0 bridgehead atoms. The number of para-hydroxylation sites is 1. The molecule has 14 nitrogen and oxygen atoms in total. The van der Waals surface area contributed by atoms with Crippen LogP contribution in [0, 0.1) is 5.41 Å². The number of nitrogens with two attached hydrogens (primary N) is 2. The van der Waals surface area contributed by atoms with Gasteiger partial charge in [0.15, 0.2) is 17.3 Å². The second-order valence-corrected chi connectivity index (χ2v) is 10.6. The molecule has 0 radical (unpaired) electrons. The van der Waals surface area contributed by atoms with Crippen molar-refractivity contribution < 1.29 is 37.3 Å². The fourth-order valence-corrected chi connectivity index (χ4v) is 4.45. The van der Waals surface area contributed by atoms with Crippen LogP contribution in [0.4, 0.5) is 18.9 Å². The number of alkyl halides is 3. The minimum Gasteiger partial charge on any atom is -0.493 e. The molecule has 0 aliphatic carbocycles. The van der Waals surface area contributed by atoms with E-state index in [1.54, 1.807) is 49.6 Å². The second kappa shape index (κ2) is 15.6. The molecule has 2 unspecified atom stereocenters. The van der Waals surface area contributed by atoms with Crippen molar-refractivity contribution in [3.05, 3.63) is 99.7 Å². The molecule has 0 saturated heterocycles. The first kappa shape index (κ1) is 36.6. The van der Waals surface area contributed by atoms with Gasteiger partial charge in [-0.3, -0.25) is 15.2 Å². The van der Waals surface area contributed by atoms with Gasteiger partial charge in [-0.15, -0.1) is 5.10 Å². The summed E-state index contributed by atoms with van der Waals surface area (Å²) in [5.74, 6) is -2.12. The van der Waals surface area contributed by atoms with Gasteiger partial charge >= 0.3 is 17.8 Å². The van der Waals surface area contributed by atoms with Crippen molar-refractivity contribution in [2.45, 2.75) is 25.2 Å². The average molecular weight is 673 g/mol. The van der Waals surface area contributed by atoms with E-state index >= 15 is 0 Å². The van der Waals surface area contributed by atoms with E-state index in [2.05, 4.69) is 15.4 Å². The summed E-state index contributed by atoms with van der Waals surface area (Å²) >= 11 is 0. The van der Waals surface area contributed by atoms with Crippen LogP contribution in [-0.2, 0) is 4.79 Å². The number of amidine groups is 1. The number of nitrogen functional groups attached to an aromatic ring is 1. The number of aromatic nitrogens is 3. The van der Waals surface area contributed by atoms with Crippen LogP contribution in [0.3, 0.4) is 0 Å². The Bertz CT molecular complexity index is 1800. The maximum Gasteiger partial charge on any atom is 0.490 e. The zero-order valence-corrected chi connectivity index (χ0v) is 26.3. The molecule has 1 amide bonds. The third-order valence-electron chi connectivity index (χ3n) is 6.53. The number of nitrogens with zero attached hydrogens (tertiary/aromatic N) is 3. The number of amides is 1. The first-order chi connectivity index (χ1) is 22.5. The molecule has 1 heterocycles. The molecule has 48 heavy (non-hydrogen) atoms. The fraction of sp³-hybridized carbons (Fsp3) is 0.258. The zero-order valence-electron chi connectivity index (χ0n) is 26.3. The summed E-state index contributed by atoms with van der Waals surface area (Å²) in [7, 11) is 5.51. The Morgan fingerprint density at radius 2 is 1.71 bits per heavy atom. The standard InChI is InChI=1S/C29H34N8O4.C2HF3O2/c1-17(16-36(2)3)41-23-14-11-19(15-24(23)40-4)25(33-20-12-9-18(10-13-20)26(30)31)28-34-29(39)37(35-28)22-8-6-5-7-21(22)27(32)38;3-2(4,5)1(6)7/h5-15,17,25,33H,16H2,1-4H3,(H3,30,31)(H2,32,38)(H,34,35,39);(H,6,7). The van der Waals surface area contributed by atoms with Gasteiger partial charge in [0.05, 0.1) is 18.4 Å². The van der Waals surface area contributed by atoms with E-state index in [-0.39, 0.29) is 29.0 Å². The quantitative estimate of drug-likeness (QED) is 0.0955. The highest BCUT2D eigenvalue weighted by molar-refractivity contribution is 5.96. The minimum absolute atomic E-state index is 0.0480. The monoisotopic (exact) mass is 672 g/mol. The van der Waals surface area contributed by atoms with E-state index in [4.69, 9.17) is 36.3 Å². The van der Waals surface area contributed by atoms with Crippen molar-refractivity contribution in [1.82, 2.24) is 19.7 Å². The molecule has 0 spiro atoms. The summed E-state index contributed by atoms with van der Waals surface area (Å²) in [6, 6.07) is 18.3. The number of carboxylic acid groups (broad SMARTS) is 1. The molecule has 0 aliphatic heterocycles. The minimum atomic E-state index is -5.08. The number of primary amides is 1. The van der Waals surface area contributed by atoms with Crippen LogP contribution >= 0.6 is 0 Å². The summed E-state index contributed by atoms with van der Waals surface area (Å²) < 4.78 is 44.6. The van der Waals surface area contributed by atoms with E-state index in [1.807, 2.05) is 44.1 Å². The summed E-state index contributed by atoms with van der Waals surface area (Å²) in [5.41, 5.74) is 13.0. The molecule has 2 atom stereocenters. The van der Waals surface area contributed by atoms with Gasteiger partial charge < -0.3 is 36.3 Å². The number of carboxylic acids is 1. The number of likely N-dealkylation sites (N-methyl/N-ethyl adjacent to an activating group) is 1. The van der Waals surface area contributed by atoms with E-state index in [0.717, 1.165) is 11.2 Å². The molecule has 3 aromatic carbocycles. The molecule has 0 saturated carbocycles. The first-order valence-corrected chi connectivity index (χ1v) is 14.1. The largest absolute Gasteiger partial charge is 0.493 e. The Kier molecular flexibility index (Phi) is 11.9. The second-order valence-electron chi connectivity index (χ2n) is 10.6. The van der Waals surface area contributed by atoms with E-state index in [0.29, 0.717) is 28.3 Å². The predicted octanol–water partition coefficient (Wildman–Crippen LogP) is 3.12. The number of anilines is 1. The molecular weight excluding hydrogens is 637 g/mol. The highest BCUT2D eigenvalue weighted by Crippen LogP contribution is 2.34. The summed E-state index contributed by atoms with van der Waals surface area (Å²) in [5, 5.41) is 22.7. The van der Waals surface area contributed by atoms with Crippen molar-refractivity contribution in [1.29, 1.82) is 5.41 Å². The highest BCUT2D eigenvalue weighted by atomic mass is 19.4. The Labute approximate surface area is 272 Å². The normalized spacial score (nSPS) is 12.3. The van der Waals surface area contributed by atoms with E-state index in [9.17, 15) is 22.8 Å². The van der Waals surface area contributed by atoms with Crippen LogP contribution in [0.15, 0.2) is 71.5 Å². The van der Waals surface area contributed by atoms with Gasteiger partial charge in [-0.2, -0.15) is 17.9 Å². The third kappa shape index (κ3) is 9.58. The fourth-order valence-electron chi connectivity index (χ4n) is 4.45. The number of halogens is 3. The average Bonchev–Trinajstić information content (AvgIpc) is 3.40. The summed E-state index contributed by atoms with van der Waals surface area (Å²) in [6.07, 6.45) is -5.17.